The summed E-state index contributed by atoms with van der Waals surface area (Å²) in [6.45, 7) is 9.23. The fourth-order valence-corrected chi connectivity index (χ4v) is 12.8. The number of nitrogens with zero attached hydrogens (tertiary/aromatic N) is 1. The maximum atomic E-state index is 16.4. The van der Waals surface area contributed by atoms with E-state index in [2.05, 4.69) is 10.2 Å². The van der Waals surface area contributed by atoms with Crippen molar-refractivity contribution in [1.82, 2.24) is 5.32 Å². The van der Waals surface area contributed by atoms with Crippen LogP contribution in [0.2, 0.25) is 0 Å². The lowest BCUT2D eigenvalue weighted by Gasteiger charge is -2.67. The summed E-state index contributed by atoms with van der Waals surface area (Å²) in [6, 6.07) is 30.7. The van der Waals surface area contributed by atoms with Gasteiger partial charge in [0.2, 0.25) is 0 Å². The first-order chi connectivity index (χ1) is 38.1. The zero-order valence-corrected chi connectivity index (χ0v) is 47.1. The van der Waals surface area contributed by atoms with Gasteiger partial charge in [-0.15, -0.1) is 23.2 Å². The van der Waals surface area contributed by atoms with Crippen LogP contribution < -0.4 is 10.2 Å². The van der Waals surface area contributed by atoms with Crippen molar-refractivity contribution < 1.29 is 72.2 Å². The molecule has 1 aliphatic heterocycles. The van der Waals surface area contributed by atoms with Crippen LogP contribution in [0.1, 0.15) is 105 Å². The zero-order valence-electron chi connectivity index (χ0n) is 45.6. The van der Waals surface area contributed by atoms with Crippen molar-refractivity contribution in [3.05, 3.63) is 149 Å². The summed E-state index contributed by atoms with van der Waals surface area (Å²) in [6.07, 6.45) is -10.1. The van der Waals surface area contributed by atoms with Crippen molar-refractivity contribution in [3.63, 3.8) is 0 Å². The van der Waals surface area contributed by atoms with Gasteiger partial charge in [0.1, 0.15) is 30.0 Å². The highest BCUT2D eigenvalue weighted by molar-refractivity contribution is 6.18. The Morgan fingerprint density at radius 2 is 1.39 bits per heavy atom. The molecule has 11 atom stereocenters. The number of aliphatic hydroxyl groups is 2. The summed E-state index contributed by atoms with van der Waals surface area (Å²) < 4.78 is 37.8. The van der Waals surface area contributed by atoms with Gasteiger partial charge < -0.3 is 48.9 Å². The number of nitrogens with one attached hydrogen (secondary N) is 1. The van der Waals surface area contributed by atoms with Gasteiger partial charge in [0.15, 0.2) is 23.6 Å². The normalized spacial score (nSPS) is 27.2. The molecule has 0 radical (unpaired) electrons. The maximum absolute atomic E-state index is 16.4. The van der Waals surface area contributed by atoms with Gasteiger partial charge in [-0.1, -0.05) is 92.7 Å². The second-order valence-corrected chi connectivity index (χ2v) is 22.5. The molecule has 0 spiro atoms. The van der Waals surface area contributed by atoms with Gasteiger partial charge in [-0.3, -0.25) is 24.0 Å². The highest BCUT2D eigenvalue weighted by Crippen LogP contribution is 2.65. The number of carbonyl (C=O) groups is 7. The van der Waals surface area contributed by atoms with E-state index in [1.165, 1.54) is 26.0 Å². The molecule has 17 nitrogen and oxygen atoms in total. The van der Waals surface area contributed by atoms with Crippen molar-refractivity contribution in [2.45, 2.75) is 128 Å². The van der Waals surface area contributed by atoms with Crippen molar-refractivity contribution >= 4 is 70.4 Å². The monoisotopic (exact) mass is 1140 g/mol. The van der Waals surface area contributed by atoms with E-state index in [4.69, 9.17) is 51.6 Å². The van der Waals surface area contributed by atoms with E-state index in [0.29, 0.717) is 43.3 Å². The largest absolute Gasteiger partial charge is 0.461 e. The van der Waals surface area contributed by atoms with Crippen LogP contribution in [0.15, 0.2) is 126 Å². The lowest BCUT2D eigenvalue weighted by molar-refractivity contribution is -0.346. The molecule has 0 aromatic heterocycles. The minimum absolute atomic E-state index is 0.0331. The topological polar surface area (TPSA) is 231 Å². The van der Waals surface area contributed by atoms with Crippen LogP contribution in [0.25, 0.3) is 0 Å². The van der Waals surface area contributed by atoms with E-state index < -0.39 is 119 Å². The zero-order chi connectivity index (χ0) is 57.7. The lowest BCUT2D eigenvalue weighted by Crippen LogP contribution is -2.82. The highest BCUT2D eigenvalue weighted by Gasteiger charge is 2.79. The fraction of sp³-hybridized carbons (Fsp3) is 0.459. The number of esters is 5. The summed E-state index contributed by atoms with van der Waals surface area (Å²) in [5, 5.41) is 28.9. The van der Waals surface area contributed by atoms with E-state index >= 15 is 4.79 Å². The van der Waals surface area contributed by atoms with E-state index in [-0.39, 0.29) is 41.7 Å². The maximum Gasteiger partial charge on any atom is 0.338 e. The number of rotatable bonds is 20. The molecule has 2 bridgehead atoms. The van der Waals surface area contributed by atoms with Crippen LogP contribution >= 0.6 is 23.2 Å². The quantitative estimate of drug-likeness (QED) is 0.0335. The number of ketones is 1. The fourth-order valence-electron chi connectivity index (χ4n) is 12.4. The number of fused-ring (bicyclic) bond motifs is 5. The third-order valence-corrected chi connectivity index (χ3v) is 16.9. The van der Waals surface area contributed by atoms with Gasteiger partial charge in [0, 0.05) is 74.6 Å². The molecule has 80 heavy (non-hydrogen) atoms. The number of halogens is 2. The van der Waals surface area contributed by atoms with Crippen LogP contribution in [0, 0.1) is 16.7 Å². The molecular weight excluding hydrogens is 1070 g/mol. The van der Waals surface area contributed by atoms with E-state index in [1.807, 2.05) is 24.3 Å². The molecular formula is C61H68Cl2N2O15. The highest BCUT2D eigenvalue weighted by atomic mass is 35.5. The number of Topliss-reactive ketones (excluding diaryl/α,β-unsaturated/α-hetero) is 1. The standard InChI is InChI=1S/C61H68Cl2N2O15/c1-36-44(77-57(73)50(69)49(40-18-10-7-11-19-40)64-55(71)41-20-12-8-13-21-41)34-61(74)54(79-56(72)42-22-14-9-15-23-42)52-59(6,53(70)51(76-37(2)66)48(36)58(61,4)5)45(33-46-60(52,35-75-46)80-38(3)67)78-47(68)24-16-17-39-25-27-43(28-26-39)65(31-29-62)32-30-63/h7-15,18-23,25-28,44-46,49-52,54,69,74H,16-17,24,29-35H2,1-6H3,(H,64,71)/t44-,45-,46+,49-,50+,51+,52?,54-,59+,60-,61+/m0/s1. The first-order valence-electron chi connectivity index (χ1n) is 26.8. The molecule has 2 saturated carbocycles. The van der Waals surface area contributed by atoms with Crippen LogP contribution in [0.3, 0.4) is 0 Å². The Morgan fingerprint density at radius 3 is 1.95 bits per heavy atom. The van der Waals surface area contributed by atoms with Crippen LogP contribution in [-0.4, -0.2) is 131 Å². The van der Waals surface area contributed by atoms with E-state index in [9.17, 15) is 39.0 Å². The number of benzene rings is 4. The lowest BCUT2D eigenvalue weighted by atomic mass is 9.44. The molecule has 3 aliphatic carbocycles. The van der Waals surface area contributed by atoms with Gasteiger partial charge in [-0.05, 0) is 85.4 Å². The third kappa shape index (κ3) is 11.6. The second kappa shape index (κ2) is 24.6. The Kier molecular flexibility index (Phi) is 18.3. The molecule has 3 N–H and O–H groups in total. The molecule has 1 heterocycles. The van der Waals surface area contributed by atoms with Crippen LogP contribution in [0.5, 0.6) is 0 Å². The number of anilines is 1. The van der Waals surface area contributed by atoms with Gasteiger partial charge in [0.25, 0.3) is 5.91 Å². The van der Waals surface area contributed by atoms with Crippen molar-refractivity contribution in [2.75, 3.05) is 36.4 Å². The number of aryl methyl sites for hydroxylation is 1. The SMILES string of the molecule is CC(=O)O[C@H]1C(=O)[C@@]2(C)C([C@H](OC(=O)c3ccccc3)[C@]3(O)C[C@H](OC(=O)[C@H](O)[C@@H](NC(=O)c4ccccc4)c4ccccc4)C(C)=C1C3(C)C)[C@]1(OC(C)=O)CO[C@@H]1C[C@@H]2OC(=O)CCCc1ccc(N(CCCl)CCCl)cc1. The van der Waals surface area contributed by atoms with E-state index in [1.54, 1.807) is 92.7 Å². The summed E-state index contributed by atoms with van der Waals surface area (Å²) in [7, 11) is 0. The molecule has 1 unspecified atom stereocenters. The van der Waals surface area contributed by atoms with Gasteiger partial charge in [-0.2, -0.15) is 0 Å². The van der Waals surface area contributed by atoms with Crippen LogP contribution in [0.4, 0.5) is 5.69 Å². The molecule has 4 aromatic rings. The first-order valence-corrected chi connectivity index (χ1v) is 27.8. The minimum Gasteiger partial charge on any atom is -0.461 e. The number of hydrogen-bond acceptors (Lipinski definition) is 16. The summed E-state index contributed by atoms with van der Waals surface area (Å²) >= 11 is 12.1. The van der Waals surface area contributed by atoms with Gasteiger partial charge in [0.05, 0.1) is 29.5 Å². The van der Waals surface area contributed by atoms with Crippen molar-refractivity contribution in [2.24, 2.45) is 16.7 Å². The molecule has 19 heteroatoms. The first kappa shape index (κ1) is 59.5. The minimum atomic E-state index is -2.48. The summed E-state index contributed by atoms with van der Waals surface area (Å²) in [5.41, 5.74) is -5.60. The Morgan fingerprint density at radius 1 is 0.787 bits per heavy atom. The molecule has 4 aliphatic rings. The molecule has 4 aromatic carbocycles. The van der Waals surface area contributed by atoms with Gasteiger partial charge >= 0.3 is 29.8 Å². The van der Waals surface area contributed by atoms with Crippen LogP contribution in [-0.2, 0) is 58.8 Å². The second-order valence-electron chi connectivity index (χ2n) is 21.7. The molecule has 426 valence electrons. The predicted octanol–water partition coefficient (Wildman–Crippen LogP) is 7.59. The predicted molar refractivity (Wildman–Crippen MR) is 295 cm³/mol. The summed E-state index contributed by atoms with van der Waals surface area (Å²) in [5.74, 6) is -6.92. The average molecular weight is 1140 g/mol. The number of aliphatic hydroxyl groups excluding tert-OH is 1. The number of hydrogen-bond donors (Lipinski definition) is 3. The number of ether oxygens (including phenoxy) is 6. The number of amides is 1. The van der Waals surface area contributed by atoms with Crippen molar-refractivity contribution in [1.29, 1.82) is 0 Å². The van der Waals surface area contributed by atoms with Crippen molar-refractivity contribution in [3.8, 4) is 0 Å². The third-order valence-electron chi connectivity index (χ3n) is 16.6. The Balaban J connectivity index is 1.22. The Labute approximate surface area is 475 Å². The molecule has 8 rings (SSSR count). The average Bonchev–Trinajstić information content (AvgIpc) is 2.17. The molecule has 1 saturated heterocycles. The Bertz CT molecular complexity index is 2960. The summed E-state index contributed by atoms with van der Waals surface area (Å²) in [4.78, 5) is 103. The molecule has 1 amide bonds. The Hall–Kier alpha value is -6.63. The number of alkyl halides is 2. The smallest absolute Gasteiger partial charge is 0.338 e. The van der Waals surface area contributed by atoms with Gasteiger partial charge in [-0.25, -0.2) is 9.59 Å². The number of carbonyl (C=O) groups excluding carboxylic acids is 7. The van der Waals surface area contributed by atoms with E-state index in [0.717, 1.165) is 25.1 Å². The molecule has 3 fully saturated rings.